The number of amides is 2. The minimum absolute atomic E-state index is 0.0936. The van der Waals surface area contributed by atoms with Crippen molar-refractivity contribution in [1.82, 2.24) is 15.0 Å². The summed E-state index contributed by atoms with van der Waals surface area (Å²) in [5, 5.41) is 5.66. The Hall–Kier alpha value is -4.60. The fourth-order valence-corrected chi connectivity index (χ4v) is 7.26. The van der Waals surface area contributed by atoms with Crippen LogP contribution >= 0.6 is 0 Å². The van der Waals surface area contributed by atoms with Crippen molar-refractivity contribution < 1.29 is 23.5 Å². The first-order valence-electron chi connectivity index (χ1n) is 13.7. The number of rotatable bonds is 6. The number of carbonyl (C=O) groups excluding carboxylic acids is 3. The van der Waals surface area contributed by atoms with Gasteiger partial charge in [-0.3, -0.25) is 14.4 Å². The van der Waals surface area contributed by atoms with E-state index in [4.69, 9.17) is 4.74 Å². The molecule has 0 radical (unpaired) electrons. The van der Waals surface area contributed by atoms with E-state index in [-0.39, 0.29) is 28.8 Å². The molecule has 3 fully saturated rings. The summed E-state index contributed by atoms with van der Waals surface area (Å²) in [7, 11) is 0. The molecule has 3 aliphatic rings. The molecule has 4 aromatic rings. The summed E-state index contributed by atoms with van der Waals surface area (Å²) in [4.78, 5) is 49.6. The number of esters is 1. The van der Waals surface area contributed by atoms with E-state index in [1.807, 2.05) is 0 Å². The number of imidazole rings is 1. The van der Waals surface area contributed by atoms with E-state index in [1.165, 1.54) is 13.0 Å². The van der Waals surface area contributed by atoms with Crippen molar-refractivity contribution in [3.63, 3.8) is 0 Å². The van der Waals surface area contributed by atoms with Crippen LogP contribution in [0.5, 0.6) is 0 Å². The first-order valence-corrected chi connectivity index (χ1v) is 13.7. The Labute approximate surface area is 234 Å². The van der Waals surface area contributed by atoms with Crippen molar-refractivity contribution >= 4 is 40.3 Å². The topological polar surface area (TPSA) is 126 Å². The Morgan fingerprint density at radius 3 is 2.66 bits per heavy atom. The van der Waals surface area contributed by atoms with Crippen LogP contribution in [0, 0.1) is 16.6 Å². The van der Waals surface area contributed by atoms with Gasteiger partial charge in [0.05, 0.1) is 22.0 Å². The van der Waals surface area contributed by atoms with Crippen LogP contribution in [-0.2, 0) is 14.3 Å². The number of ether oxygens (including phenoxy) is 1. The molecule has 3 N–H and O–H groups in total. The molecular weight excluding hydrogens is 525 g/mol. The van der Waals surface area contributed by atoms with Crippen LogP contribution in [0.4, 0.5) is 15.9 Å². The van der Waals surface area contributed by atoms with Crippen molar-refractivity contribution in [3.8, 4) is 11.4 Å². The van der Waals surface area contributed by atoms with E-state index in [0.29, 0.717) is 46.8 Å². The van der Waals surface area contributed by atoms with Crippen molar-refractivity contribution in [3.05, 3.63) is 72.2 Å². The van der Waals surface area contributed by atoms with Gasteiger partial charge in [0.25, 0.3) is 5.91 Å². The molecule has 2 aromatic heterocycles. The second-order valence-electron chi connectivity index (χ2n) is 11.7. The molecule has 3 atom stereocenters. The number of carbonyl (C=O) groups is 3. The van der Waals surface area contributed by atoms with Gasteiger partial charge in [-0.05, 0) is 74.2 Å². The van der Waals surface area contributed by atoms with E-state index in [2.05, 4.69) is 25.6 Å². The number of fused-ring (bicyclic) bond motifs is 2. The van der Waals surface area contributed by atoms with Crippen LogP contribution in [-0.4, -0.2) is 38.3 Å². The van der Waals surface area contributed by atoms with E-state index in [1.54, 1.807) is 54.7 Å². The SMILES string of the molecule is CC(=O)OC12CC3(C(=O)Nc4ccc(-c5nc6cc(C(=O)Nc7ccccn7)ccc6[nH]5)c(F)c4)CCCC1(C3)C2. The Morgan fingerprint density at radius 1 is 1.00 bits per heavy atom. The highest BCUT2D eigenvalue weighted by Crippen LogP contribution is 2.79. The number of benzene rings is 2. The molecule has 0 saturated heterocycles. The molecule has 2 bridgehead atoms. The molecule has 41 heavy (non-hydrogen) atoms. The number of aromatic nitrogens is 3. The Bertz CT molecular complexity index is 1740. The van der Waals surface area contributed by atoms with Crippen LogP contribution in [0.2, 0.25) is 0 Å². The summed E-state index contributed by atoms with van der Waals surface area (Å²) >= 11 is 0. The third kappa shape index (κ3) is 4.16. The summed E-state index contributed by atoms with van der Waals surface area (Å²) in [6.07, 6.45) is 6.23. The van der Waals surface area contributed by atoms with Crippen molar-refractivity contribution in [2.75, 3.05) is 10.6 Å². The summed E-state index contributed by atoms with van der Waals surface area (Å²) in [5.41, 5.74) is 0.923. The molecule has 2 heterocycles. The third-order valence-electron chi connectivity index (χ3n) is 9.03. The monoisotopic (exact) mass is 553 g/mol. The molecule has 3 unspecified atom stereocenters. The predicted octanol–water partition coefficient (Wildman–Crippen LogP) is 5.61. The molecule has 7 rings (SSSR count). The summed E-state index contributed by atoms with van der Waals surface area (Å²) in [6, 6.07) is 14.8. The molecule has 10 heteroatoms. The average Bonchev–Trinajstić information content (AvgIpc) is 3.21. The van der Waals surface area contributed by atoms with E-state index < -0.39 is 16.8 Å². The zero-order valence-electron chi connectivity index (χ0n) is 22.4. The fraction of sp³-hybridized carbons (Fsp3) is 0.323. The molecule has 3 aliphatic carbocycles. The van der Waals surface area contributed by atoms with Gasteiger partial charge in [-0.25, -0.2) is 14.4 Å². The maximum Gasteiger partial charge on any atom is 0.303 e. The first-order chi connectivity index (χ1) is 19.7. The molecule has 2 aromatic carbocycles. The van der Waals surface area contributed by atoms with Gasteiger partial charge in [-0.1, -0.05) is 12.5 Å². The van der Waals surface area contributed by atoms with Crippen LogP contribution in [0.15, 0.2) is 60.8 Å². The van der Waals surface area contributed by atoms with E-state index >= 15 is 4.39 Å². The standard InChI is InChI=1S/C31H28FN5O4/c1-18(38)41-31-16-29(10-4-11-30(31,15-29)17-31)28(40)34-20-7-8-21(22(32)14-20)26-35-23-9-6-19(13-24(23)36-26)27(39)37-25-5-2-3-12-33-25/h2-3,5-9,12-14H,4,10-11,15-17H2,1H3,(H,34,40)(H,35,36)(H,33,37,39). The number of halogens is 1. The number of nitrogens with zero attached hydrogens (tertiary/aromatic N) is 2. The highest BCUT2D eigenvalue weighted by molar-refractivity contribution is 6.05. The average molecular weight is 554 g/mol. The fourth-order valence-electron chi connectivity index (χ4n) is 7.26. The maximum atomic E-state index is 15.3. The van der Waals surface area contributed by atoms with Gasteiger partial charge in [0.15, 0.2) is 0 Å². The normalized spacial score (nSPS) is 25.8. The number of pyridine rings is 1. The second-order valence-corrected chi connectivity index (χ2v) is 11.7. The van der Waals surface area contributed by atoms with Crippen molar-refractivity contribution in [2.45, 2.75) is 51.0 Å². The quantitative estimate of drug-likeness (QED) is 0.267. The largest absolute Gasteiger partial charge is 0.459 e. The lowest BCUT2D eigenvalue weighted by molar-refractivity contribution is -0.151. The number of anilines is 2. The highest BCUT2D eigenvalue weighted by atomic mass is 19.1. The number of hydrogen-bond donors (Lipinski definition) is 3. The van der Waals surface area contributed by atoms with E-state index in [9.17, 15) is 14.4 Å². The zero-order valence-corrected chi connectivity index (χ0v) is 22.4. The summed E-state index contributed by atoms with van der Waals surface area (Å²) in [5.74, 6) is -0.586. The van der Waals surface area contributed by atoms with Crippen LogP contribution < -0.4 is 10.6 Å². The lowest BCUT2D eigenvalue weighted by atomic mass is 9.70. The molecule has 1 spiro atoms. The van der Waals surface area contributed by atoms with E-state index in [0.717, 1.165) is 25.7 Å². The van der Waals surface area contributed by atoms with Gasteiger partial charge in [0.1, 0.15) is 23.1 Å². The smallest absolute Gasteiger partial charge is 0.303 e. The summed E-state index contributed by atoms with van der Waals surface area (Å²) < 4.78 is 21.1. The number of aromatic amines is 1. The third-order valence-corrected chi connectivity index (χ3v) is 9.03. The van der Waals surface area contributed by atoms with Gasteiger partial charge in [0.2, 0.25) is 5.91 Å². The van der Waals surface area contributed by atoms with Gasteiger partial charge in [-0.15, -0.1) is 0 Å². The molecule has 2 amide bonds. The van der Waals surface area contributed by atoms with Gasteiger partial charge in [0, 0.05) is 36.2 Å². The highest BCUT2D eigenvalue weighted by Gasteiger charge is 2.80. The van der Waals surface area contributed by atoms with Crippen LogP contribution in [0.1, 0.15) is 55.8 Å². The summed E-state index contributed by atoms with van der Waals surface area (Å²) in [6.45, 7) is 1.42. The number of nitrogens with one attached hydrogen (secondary N) is 3. The van der Waals surface area contributed by atoms with Gasteiger partial charge in [-0.2, -0.15) is 0 Å². The Kier molecular flexibility index (Phi) is 5.54. The Morgan fingerprint density at radius 2 is 1.88 bits per heavy atom. The van der Waals surface area contributed by atoms with Gasteiger partial charge >= 0.3 is 5.97 Å². The predicted molar refractivity (Wildman–Crippen MR) is 149 cm³/mol. The lowest BCUT2D eigenvalue weighted by Gasteiger charge is -2.34. The van der Waals surface area contributed by atoms with Crippen molar-refractivity contribution in [2.24, 2.45) is 10.8 Å². The molecule has 9 nitrogen and oxygen atoms in total. The molecular formula is C31H28FN5O4. The molecule has 0 aliphatic heterocycles. The molecule has 208 valence electrons. The number of hydrogen-bond acceptors (Lipinski definition) is 6. The zero-order chi connectivity index (χ0) is 28.4. The lowest BCUT2D eigenvalue weighted by Crippen LogP contribution is -2.38. The first kappa shape index (κ1) is 25.4. The second kappa shape index (κ2) is 8.95. The minimum atomic E-state index is -0.611. The number of H-pyrrole nitrogens is 1. The van der Waals surface area contributed by atoms with Crippen LogP contribution in [0.25, 0.3) is 22.4 Å². The Balaban J connectivity index is 1.08. The van der Waals surface area contributed by atoms with Crippen LogP contribution in [0.3, 0.4) is 0 Å². The maximum absolute atomic E-state index is 15.3. The van der Waals surface area contributed by atoms with Crippen molar-refractivity contribution in [1.29, 1.82) is 0 Å². The molecule has 3 saturated carbocycles. The minimum Gasteiger partial charge on any atom is -0.459 e. The van der Waals surface area contributed by atoms with Gasteiger partial charge < -0.3 is 20.4 Å².